The molecular weight excluding hydrogens is 396 g/mol. The molecule has 0 fully saturated rings. The molecule has 2 unspecified atom stereocenters. The summed E-state index contributed by atoms with van der Waals surface area (Å²) in [7, 11) is 0. The molecule has 0 aromatic rings. The zero-order chi connectivity index (χ0) is 23.9. The van der Waals surface area contributed by atoms with Gasteiger partial charge in [-0.25, -0.2) is 0 Å². The first-order chi connectivity index (χ1) is 14.8. The van der Waals surface area contributed by atoms with Crippen LogP contribution in [0.1, 0.15) is 98.8 Å². The molecule has 0 radical (unpaired) electrons. The SMILES string of the molecule is CC(=O)O.CCCCN(CCCC)C(O)CCOCCC(O)N(CCCC)CCCC. The Morgan fingerprint density at radius 2 is 0.968 bits per heavy atom. The minimum atomic E-state index is -0.833. The fourth-order valence-corrected chi connectivity index (χ4v) is 3.11. The summed E-state index contributed by atoms with van der Waals surface area (Å²) in [6.45, 7) is 14.7. The molecule has 0 amide bonds. The van der Waals surface area contributed by atoms with Crippen LogP contribution in [0.25, 0.3) is 0 Å². The van der Waals surface area contributed by atoms with E-state index in [1.165, 1.54) is 0 Å². The highest BCUT2D eigenvalue weighted by Crippen LogP contribution is 2.09. The van der Waals surface area contributed by atoms with Crippen LogP contribution >= 0.6 is 0 Å². The number of carboxylic acid groups (broad SMARTS) is 1. The number of aliphatic hydroxyl groups excluding tert-OH is 2. The van der Waals surface area contributed by atoms with Crippen LogP contribution in [0.2, 0.25) is 0 Å². The van der Waals surface area contributed by atoms with Crippen LogP contribution in [0.3, 0.4) is 0 Å². The average Bonchev–Trinajstić information content (AvgIpc) is 2.73. The molecule has 0 bridgehead atoms. The minimum Gasteiger partial charge on any atom is -0.481 e. The van der Waals surface area contributed by atoms with Gasteiger partial charge >= 0.3 is 0 Å². The summed E-state index contributed by atoms with van der Waals surface area (Å²) in [6.07, 6.45) is 9.53. The van der Waals surface area contributed by atoms with Gasteiger partial charge in [-0.2, -0.15) is 0 Å². The number of hydrogen-bond donors (Lipinski definition) is 3. The molecule has 188 valence electrons. The Morgan fingerprint density at radius 3 is 1.19 bits per heavy atom. The number of unbranched alkanes of at least 4 members (excludes halogenated alkanes) is 4. The molecular formula is C24H52N2O5. The molecule has 0 heterocycles. The van der Waals surface area contributed by atoms with Crippen molar-refractivity contribution >= 4 is 5.97 Å². The van der Waals surface area contributed by atoms with E-state index in [1.54, 1.807) is 0 Å². The van der Waals surface area contributed by atoms with E-state index in [4.69, 9.17) is 14.6 Å². The second-order valence-electron chi connectivity index (χ2n) is 8.16. The van der Waals surface area contributed by atoms with Crippen molar-refractivity contribution < 1.29 is 24.9 Å². The summed E-state index contributed by atoms with van der Waals surface area (Å²) in [6, 6.07) is 0. The fraction of sp³-hybridized carbons (Fsp3) is 0.958. The monoisotopic (exact) mass is 448 g/mol. The van der Waals surface area contributed by atoms with E-state index in [1.807, 2.05) is 0 Å². The van der Waals surface area contributed by atoms with Gasteiger partial charge in [-0.05, 0) is 25.7 Å². The number of nitrogens with zero attached hydrogens (tertiary/aromatic N) is 2. The highest BCUT2D eigenvalue weighted by atomic mass is 16.5. The Balaban J connectivity index is 0. The second kappa shape index (κ2) is 23.9. The lowest BCUT2D eigenvalue weighted by atomic mass is 10.2. The third kappa shape index (κ3) is 22.3. The quantitative estimate of drug-likeness (QED) is 0.189. The lowest BCUT2D eigenvalue weighted by Crippen LogP contribution is -2.38. The molecule has 0 rings (SSSR count). The summed E-state index contributed by atoms with van der Waals surface area (Å²) in [4.78, 5) is 13.4. The highest BCUT2D eigenvalue weighted by Gasteiger charge is 2.16. The maximum Gasteiger partial charge on any atom is 0.300 e. The van der Waals surface area contributed by atoms with E-state index < -0.39 is 18.4 Å². The largest absolute Gasteiger partial charge is 0.481 e. The van der Waals surface area contributed by atoms with Crippen LogP contribution in [-0.2, 0) is 9.53 Å². The Kier molecular flexibility index (Phi) is 25.0. The number of carboxylic acids is 1. The first kappa shape index (κ1) is 32.4. The minimum absolute atomic E-state index is 0.418. The standard InChI is InChI=1S/C22H48N2O3.C2H4O2/c1-5-9-15-23(16-10-6-2)21(25)13-19-27-20-14-22(26)24(17-11-7-3)18-12-8-4;1-2(3)4/h21-22,25-26H,5-20H2,1-4H3;1H3,(H,3,4). The van der Waals surface area contributed by atoms with E-state index in [2.05, 4.69) is 37.5 Å². The Labute approximate surface area is 191 Å². The molecule has 31 heavy (non-hydrogen) atoms. The third-order valence-electron chi connectivity index (χ3n) is 5.08. The van der Waals surface area contributed by atoms with Crippen LogP contribution in [0.4, 0.5) is 0 Å². The molecule has 0 aromatic carbocycles. The lowest BCUT2D eigenvalue weighted by Gasteiger charge is -2.28. The van der Waals surface area contributed by atoms with Gasteiger partial charge in [0.15, 0.2) is 0 Å². The van der Waals surface area contributed by atoms with Gasteiger partial charge in [0.25, 0.3) is 5.97 Å². The van der Waals surface area contributed by atoms with Crippen molar-refractivity contribution in [1.82, 2.24) is 9.80 Å². The van der Waals surface area contributed by atoms with Crippen LogP contribution in [0.15, 0.2) is 0 Å². The van der Waals surface area contributed by atoms with Crippen molar-refractivity contribution in [2.75, 3.05) is 39.4 Å². The summed E-state index contributed by atoms with van der Waals surface area (Å²) in [5, 5.41) is 28.3. The first-order valence-corrected chi connectivity index (χ1v) is 12.4. The predicted molar refractivity (Wildman–Crippen MR) is 128 cm³/mol. The van der Waals surface area contributed by atoms with Crippen LogP contribution in [0, 0.1) is 0 Å². The summed E-state index contributed by atoms with van der Waals surface area (Å²) in [5.41, 5.74) is 0. The first-order valence-electron chi connectivity index (χ1n) is 12.4. The van der Waals surface area contributed by atoms with E-state index >= 15 is 0 Å². The smallest absolute Gasteiger partial charge is 0.300 e. The van der Waals surface area contributed by atoms with E-state index in [0.29, 0.717) is 26.1 Å². The van der Waals surface area contributed by atoms with Gasteiger partial charge in [0.1, 0.15) is 12.5 Å². The van der Waals surface area contributed by atoms with Crippen LogP contribution in [-0.4, -0.2) is 82.9 Å². The molecule has 0 aliphatic carbocycles. The number of carbonyl (C=O) groups is 1. The molecule has 7 heteroatoms. The van der Waals surface area contributed by atoms with Gasteiger partial charge in [0, 0.05) is 45.9 Å². The number of aliphatic carboxylic acids is 1. The second-order valence-corrected chi connectivity index (χ2v) is 8.16. The lowest BCUT2D eigenvalue weighted by molar-refractivity contribution is -0.134. The van der Waals surface area contributed by atoms with Gasteiger partial charge in [-0.15, -0.1) is 0 Å². The van der Waals surface area contributed by atoms with Gasteiger partial charge in [-0.1, -0.05) is 53.4 Å². The van der Waals surface area contributed by atoms with Crippen molar-refractivity contribution in [3.63, 3.8) is 0 Å². The Morgan fingerprint density at radius 1 is 0.710 bits per heavy atom. The summed E-state index contributed by atoms with van der Waals surface area (Å²) < 4.78 is 5.72. The van der Waals surface area contributed by atoms with Gasteiger partial charge in [0.05, 0.1) is 13.2 Å². The Hall–Kier alpha value is -0.730. The zero-order valence-electron chi connectivity index (χ0n) is 21.0. The predicted octanol–water partition coefficient (Wildman–Crippen LogP) is 4.32. The summed E-state index contributed by atoms with van der Waals surface area (Å²) in [5.74, 6) is -0.833. The topological polar surface area (TPSA) is 93.5 Å². The number of ether oxygens (including phenoxy) is 1. The van der Waals surface area contributed by atoms with E-state index in [0.717, 1.165) is 84.5 Å². The number of hydrogen-bond acceptors (Lipinski definition) is 6. The van der Waals surface area contributed by atoms with Crippen LogP contribution < -0.4 is 0 Å². The van der Waals surface area contributed by atoms with Gasteiger partial charge in [0.2, 0.25) is 0 Å². The maximum absolute atomic E-state index is 10.4. The third-order valence-corrected chi connectivity index (χ3v) is 5.08. The molecule has 0 saturated heterocycles. The van der Waals surface area contributed by atoms with Crippen molar-refractivity contribution in [3.05, 3.63) is 0 Å². The Bertz CT molecular complexity index is 337. The highest BCUT2D eigenvalue weighted by molar-refractivity contribution is 5.62. The molecule has 3 N–H and O–H groups in total. The van der Waals surface area contributed by atoms with Crippen LogP contribution in [0.5, 0.6) is 0 Å². The number of rotatable bonds is 20. The van der Waals surface area contributed by atoms with Crippen molar-refractivity contribution in [2.24, 2.45) is 0 Å². The normalized spacial score (nSPS) is 13.2. The maximum atomic E-state index is 10.4. The van der Waals surface area contributed by atoms with E-state index in [-0.39, 0.29) is 0 Å². The number of aliphatic hydroxyl groups is 2. The molecule has 0 aliphatic heterocycles. The molecule has 0 saturated carbocycles. The molecule has 2 atom stereocenters. The molecule has 7 nitrogen and oxygen atoms in total. The molecule has 0 aromatic heterocycles. The van der Waals surface area contributed by atoms with Crippen molar-refractivity contribution in [2.45, 2.75) is 111 Å². The van der Waals surface area contributed by atoms with Gasteiger partial charge in [-0.3, -0.25) is 14.6 Å². The van der Waals surface area contributed by atoms with E-state index in [9.17, 15) is 10.2 Å². The molecule has 0 aliphatic rings. The zero-order valence-corrected chi connectivity index (χ0v) is 21.0. The van der Waals surface area contributed by atoms with Gasteiger partial charge < -0.3 is 20.1 Å². The van der Waals surface area contributed by atoms with Crippen molar-refractivity contribution in [3.8, 4) is 0 Å². The summed E-state index contributed by atoms with van der Waals surface area (Å²) >= 11 is 0. The van der Waals surface area contributed by atoms with Crippen molar-refractivity contribution in [1.29, 1.82) is 0 Å². The average molecular weight is 449 g/mol. The molecule has 0 spiro atoms. The fourth-order valence-electron chi connectivity index (χ4n) is 3.11.